The largest absolute Gasteiger partial charge is 0.573 e. The zero-order valence-electron chi connectivity index (χ0n) is 19.8. The number of ether oxygens (including phenoxy) is 1. The van der Waals surface area contributed by atoms with Gasteiger partial charge in [-0.2, -0.15) is 0 Å². The van der Waals surface area contributed by atoms with E-state index in [9.17, 15) is 18.4 Å². The fourth-order valence-corrected chi connectivity index (χ4v) is 5.05. The van der Waals surface area contributed by atoms with Crippen LogP contribution in [0.25, 0.3) is 0 Å². The molecule has 7 nitrogen and oxygen atoms in total. The molecule has 35 heavy (non-hydrogen) atoms. The Morgan fingerprint density at radius 1 is 1.00 bits per heavy atom. The highest BCUT2D eigenvalue weighted by Crippen LogP contribution is 2.32. The lowest BCUT2D eigenvalue weighted by molar-refractivity contribution is -0.274. The summed E-state index contributed by atoms with van der Waals surface area (Å²) in [6, 6.07) is 7.73. The van der Waals surface area contributed by atoms with E-state index >= 15 is 0 Å². The molecule has 0 amide bonds. The highest BCUT2D eigenvalue weighted by Gasteiger charge is 2.32. The highest BCUT2D eigenvalue weighted by molar-refractivity contribution is 5.70. The molecule has 1 aliphatic carbocycles. The number of alkyl halides is 3. The van der Waals surface area contributed by atoms with E-state index in [1.54, 1.807) is 18.2 Å². The normalized spacial score (nSPS) is 21.0. The number of nitrogens with zero attached hydrogens (tertiary/aromatic N) is 2. The van der Waals surface area contributed by atoms with Crippen LogP contribution in [0, 0.1) is 11.8 Å². The van der Waals surface area contributed by atoms with E-state index in [0.717, 1.165) is 12.5 Å². The van der Waals surface area contributed by atoms with E-state index < -0.39 is 6.36 Å². The molecule has 2 fully saturated rings. The number of pyridine rings is 1. The number of rotatable bonds is 10. The fraction of sp³-hybridized carbons (Fsp3) is 0.560. The summed E-state index contributed by atoms with van der Waals surface area (Å²) in [5.41, 5.74) is 3.65. The van der Waals surface area contributed by atoms with E-state index in [1.807, 2.05) is 0 Å². The molecule has 0 spiro atoms. The van der Waals surface area contributed by atoms with E-state index in [1.165, 1.54) is 76.5 Å². The number of hydrogen-bond donors (Lipinski definition) is 4. The third kappa shape index (κ3) is 7.63. The van der Waals surface area contributed by atoms with Crippen molar-refractivity contribution in [3.8, 4) is 5.75 Å². The Morgan fingerprint density at radius 3 is 2.43 bits per heavy atom. The van der Waals surface area contributed by atoms with Gasteiger partial charge in [0, 0.05) is 31.3 Å². The summed E-state index contributed by atoms with van der Waals surface area (Å²) < 4.78 is 42.1. The van der Waals surface area contributed by atoms with Gasteiger partial charge < -0.3 is 20.3 Å². The van der Waals surface area contributed by atoms with Gasteiger partial charge in [-0.15, -0.1) is 13.2 Å². The van der Waals surface area contributed by atoms with Gasteiger partial charge in [-0.1, -0.05) is 18.2 Å². The first-order chi connectivity index (χ1) is 16.9. The average molecular weight is 494 g/mol. The van der Waals surface area contributed by atoms with E-state index in [2.05, 4.69) is 30.7 Å². The lowest BCUT2D eigenvalue weighted by atomic mass is 9.81. The number of likely N-dealkylation sites (tertiary alicyclic amines) is 1. The van der Waals surface area contributed by atoms with E-state index in [0.29, 0.717) is 28.7 Å². The molecule has 4 N–H and O–H groups in total. The van der Waals surface area contributed by atoms with Gasteiger partial charge in [-0.25, -0.2) is 4.98 Å². The molecule has 0 bridgehead atoms. The molecule has 192 valence electrons. The molecule has 4 rings (SSSR count). The average Bonchev–Trinajstić information content (AvgIpc) is 3.35. The fourth-order valence-electron chi connectivity index (χ4n) is 5.05. The summed E-state index contributed by atoms with van der Waals surface area (Å²) in [6.07, 6.45) is 4.24. The summed E-state index contributed by atoms with van der Waals surface area (Å²) in [6.45, 7) is 4.62. The number of benzene rings is 1. The maximum absolute atomic E-state index is 12.7. The van der Waals surface area contributed by atoms with Gasteiger partial charge in [0.15, 0.2) is 0 Å². The molecule has 1 saturated heterocycles. The predicted octanol–water partition coefficient (Wildman–Crippen LogP) is 5.71. The summed E-state index contributed by atoms with van der Waals surface area (Å²) in [5, 5.41) is 16.0. The van der Waals surface area contributed by atoms with Gasteiger partial charge in [-0.05, 0) is 69.5 Å². The summed E-state index contributed by atoms with van der Waals surface area (Å²) >= 11 is 0. The second kappa shape index (κ2) is 11.8. The maximum Gasteiger partial charge on any atom is 0.573 e. The van der Waals surface area contributed by atoms with Crippen LogP contribution >= 0.6 is 0 Å². The number of anilines is 3. The number of hydrogen-bond acceptors (Lipinski definition) is 7. The Bertz CT molecular complexity index is 945. The Labute approximate surface area is 204 Å². The molecule has 1 aromatic carbocycles. The van der Waals surface area contributed by atoms with Crippen molar-refractivity contribution < 1.29 is 23.1 Å². The van der Waals surface area contributed by atoms with Crippen molar-refractivity contribution in [2.75, 3.05) is 42.3 Å². The van der Waals surface area contributed by atoms with Crippen LogP contribution in [0.2, 0.25) is 0 Å². The molecule has 0 atom stereocenters. The van der Waals surface area contributed by atoms with Gasteiger partial charge in [0.2, 0.25) is 0 Å². The molecule has 10 heteroatoms. The SMILES string of the molecule is ONc1cnc(NCc2ccccc2OC(F)(F)F)cc1NCC1CCC(CN2CCCC2)CC1. The predicted molar refractivity (Wildman–Crippen MR) is 130 cm³/mol. The summed E-state index contributed by atoms with van der Waals surface area (Å²) in [4.78, 5) is 6.84. The topological polar surface area (TPSA) is 81.7 Å². The van der Waals surface area contributed by atoms with Crippen LogP contribution in [0.4, 0.5) is 30.4 Å². The minimum absolute atomic E-state index is 0.103. The van der Waals surface area contributed by atoms with Crippen molar-refractivity contribution in [2.45, 2.75) is 51.4 Å². The van der Waals surface area contributed by atoms with Gasteiger partial charge in [0.05, 0.1) is 11.9 Å². The van der Waals surface area contributed by atoms with Crippen molar-refractivity contribution in [3.63, 3.8) is 0 Å². The molecule has 0 radical (unpaired) electrons. The van der Waals surface area contributed by atoms with Gasteiger partial charge >= 0.3 is 6.36 Å². The van der Waals surface area contributed by atoms with Crippen molar-refractivity contribution >= 4 is 17.2 Å². The van der Waals surface area contributed by atoms with Crippen LogP contribution in [0.15, 0.2) is 36.5 Å². The molecular weight excluding hydrogens is 459 g/mol. The second-order valence-corrected chi connectivity index (χ2v) is 9.51. The third-order valence-electron chi connectivity index (χ3n) is 6.95. The molecule has 1 saturated carbocycles. The Kier molecular flexibility index (Phi) is 8.56. The van der Waals surface area contributed by atoms with Crippen LogP contribution in [0.5, 0.6) is 5.75 Å². The third-order valence-corrected chi connectivity index (χ3v) is 6.95. The molecule has 1 aromatic heterocycles. The zero-order chi connectivity index (χ0) is 24.7. The quantitative estimate of drug-likeness (QED) is 0.316. The van der Waals surface area contributed by atoms with Crippen molar-refractivity contribution in [1.29, 1.82) is 0 Å². The first kappa shape index (κ1) is 25.4. The number of para-hydroxylation sites is 1. The van der Waals surface area contributed by atoms with Gasteiger partial charge in [0.1, 0.15) is 17.3 Å². The van der Waals surface area contributed by atoms with Crippen LogP contribution in [0.1, 0.15) is 44.1 Å². The lowest BCUT2D eigenvalue weighted by Crippen LogP contribution is -2.30. The maximum atomic E-state index is 12.7. The van der Waals surface area contributed by atoms with Crippen molar-refractivity contribution in [1.82, 2.24) is 9.88 Å². The van der Waals surface area contributed by atoms with Gasteiger partial charge in [-0.3, -0.25) is 10.7 Å². The highest BCUT2D eigenvalue weighted by atomic mass is 19.4. The standard InChI is InChI=1S/C25H34F3N5O2/c26-25(27,28)35-23-6-2-1-5-20(23)15-30-24-13-21(22(32-34)16-31-24)29-14-18-7-9-19(10-8-18)17-33-11-3-4-12-33/h1-2,5-6,13,16,18-19,32,34H,3-4,7-12,14-15,17H2,(H2,29,30,31). The molecule has 1 aliphatic heterocycles. The molecule has 2 aromatic rings. The number of aromatic nitrogens is 1. The molecule has 2 heterocycles. The van der Waals surface area contributed by atoms with E-state index in [-0.39, 0.29) is 12.3 Å². The Hall–Kier alpha value is -2.72. The minimum atomic E-state index is -4.76. The molecular formula is C25H34F3N5O2. The van der Waals surface area contributed by atoms with Crippen molar-refractivity contribution in [3.05, 3.63) is 42.1 Å². The van der Waals surface area contributed by atoms with Crippen LogP contribution in [0.3, 0.4) is 0 Å². The van der Waals surface area contributed by atoms with Crippen LogP contribution in [-0.4, -0.2) is 47.6 Å². The summed E-state index contributed by atoms with van der Waals surface area (Å²) in [7, 11) is 0. The smallest absolute Gasteiger partial charge is 0.405 e. The van der Waals surface area contributed by atoms with Crippen molar-refractivity contribution in [2.24, 2.45) is 11.8 Å². The number of halogens is 3. The van der Waals surface area contributed by atoms with Crippen LogP contribution < -0.4 is 20.9 Å². The van der Waals surface area contributed by atoms with E-state index in [4.69, 9.17) is 0 Å². The second-order valence-electron chi connectivity index (χ2n) is 9.51. The lowest BCUT2D eigenvalue weighted by Gasteiger charge is -2.31. The Morgan fingerprint density at radius 2 is 1.71 bits per heavy atom. The van der Waals surface area contributed by atoms with Gasteiger partial charge in [0.25, 0.3) is 0 Å². The summed E-state index contributed by atoms with van der Waals surface area (Å²) in [5.74, 6) is 1.58. The Balaban J connectivity index is 1.30. The molecule has 2 aliphatic rings. The first-order valence-corrected chi connectivity index (χ1v) is 12.3. The minimum Gasteiger partial charge on any atom is -0.405 e. The molecule has 0 unspecified atom stereocenters. The zero-order valence-corrected chi connectivity index (χ0v) is 19.8. The first-order valence-electron chi connectivity index (χ1n) is 12.3. The number of nitrogens with one attached hydrogen (secondary N) is 3. The monoisotopic (exact) mass is 493 g/mol. The van der Waals surface area contributed by atoms with Crippen LogP contribution in [-0.2, 0) is 6.54 Å².